The van der Waals surface area contributed by atoms with Gasteiger partial charge in [-0.3, -0.25) is 4.79 Å². The van der Waals surface area contributed by atoms with Crippen molar-refractivity contribution in [1.29, 1.82) is 0 Å². The molecule has 6 heteroatoms. The molecule has 0 radical (unpaired) electrons. The lowest BCUT2D eigenvalue weighted by Gasteiger charge is -2.01. The number of hydrogen-bond donors (Lipinski definition) is 1. The Hall–Kier alpha value is -2.20. The fourth-order valence-electron chi connectivity index (χ4n) is 0.845. The molecule has 0 aliphatic carbocycles. The summed E-state index contributed by atoms with van der Waals surface area (Å²) in [5, 5.41) is 3.19. The van der Waals surface area contributed by atoms with Crippen LogP contribution in [0.4, 0.5) is 0 Å². The maximum absolute atomic E-state index is 10.7. The maximum atomic E-state index is 10.7. The van der Waals surface area contributed by atoms with E-state index in [-0.39, 0.29) is 6.73 Å². The van der Waals surface area contributed by atoms with E-state index in [1.54, 1.807) is 12.1 Å². The van der Waals surface area contributed by atoms with Crippen LogP contribution >= 0.6 is 0 Å². The fraction of sp³-hybridized carbons (Fsp3) is 0.125. The van der Waals surface area contributed by atoms with Crippen LogP contribution in [-0.4, -0.2) is 12.6 Å². The minimum Gasteiger partial charge on any atom is -0.488 e. The predicted octanol–water partition coefficient (Wildman–Crippen LogP) is 1.43. The molecular formula is C8H8N4O2. The standard InChI is InChI=1S/C8H8N4O2/c9-8(13)6-1-3-7(4-2-6)14-5-11-12-10/h1-4H,5H2,(H2,9,13). The van der Waals surface area contributed by atoms with Crippen molar-refractivity contribution in [3.63, 3.8) is 0 Å². The van der Waals surface area contributed by atoms with Crippen molar-refractivity contribution >= 4 is 5.91 Å². The van der Waals surface area contributed by atoms with E-state index in [1.807, 2.05) is 0 Å². The first-order chi connectivity index (χ1) is 6.74. The number of azide groups is 1. The van der Waals surface area contributed by atoms with Crippen LogP contribution in [0.15, 0.2) is 29.4 Å². The van der Waals surface area contributed by atoms with Crippen LogP contribution in [-0.2, 0) is 0 Å². The van der Waals surface area contributed by atoms with Crippen LogP contribution in [0.1, 0.15) is 10.4 Å². The van der Waals surface area contributed by atoms with Crippen LogP contribution < -0.4 is 10.5 Å². The van der Waals surface area contributed by atoms with E-state index in [0.29, 0.717) is 11.3 Å². The first-order valence-corrected chi connectivity index (χ1v) is 3.77. The van der Waals surface area contributed by atoms with Crippen molar-refractivity contribution in [2.45, 2.75) is 0 Å². The number of ether oxygens (including phenoxy) is 1. The van der Waals surface area contributed by atoms with Gasteiger partial charge >= 0.3 is 0 Å². The number of carbonyl (C=O) groups excluding carboxylic acids is 1. The van der Waals surface area contributed by atoms with Crippen molar-refractivity contribution in [2.75, 3.05) is 6.73 Å². The Kier molecular flexibility index (Phi) is 3.34. The smallest absolute Gasteiger partial charge is 0.248 e. The molecule has 1 aromatic carbocycles. The van der Waals surface area contributed by atoms with Gasteiger partial charge in [-0.1, -0.05) is 5.11 Å². The molecule has 0 heterocycles. The third-order valence-electron chi connectivity index (χ3n) is 1.49. The summed E-state index contributed by atoms with van der Waals surface area (Å²) in [6.07, 6.45) is 0. The molecule has 0 saturated heterocycles. The van der Waals surface area contributed by atoms with Crippen molar-refractivity contribution in [3.8, 4) is 5.75 Å². The average Bonchev–Trinajstić information content (AvgIpc) is 2.19. The third-order valence-corrected chi connectivity index (χ3v) is 1.49. The summed E-state index contributed by atoms with van der Waals surface area (Å²) in [6, 6.07) is 6.22. The van der Waals surface area contributed by atoms with E-state index in [2.05, 4.69) is 10.0 Å². The van der Waals surface area contributed by atoms with E-state index in [1.165, 1.54) is 12.1 Å². The molecule has 0 fully saturated rings. The summed E-state index contributed by atoms with van der Waals surface area (Å²) in [4.78, 5) is 13.2. The van der Waals surface area contributed by atoms with Crippen molar-refractivity contribution in [3.05, 3.63) is 40.3 Å². The van der Waals surface area contributed by atoms with Gasteiger partial charge in [0.05, 0.1) is 0 Å². The molecule has 1 amide bonds. The summed E-state index contributed by atoms with van der Waals surface area (Å²) < 4.78 is 5.01. The van der Waals surface area contributed by atoms with E-state index >= 15 is 0 Å². The zero-order chi connectivity index (χ0) is 10.4. The molecule has 0 aromatic heterocycles. The number of carbonyl (C=O) groups is 1. The van der Waals surface area contributed by atoms with Crippen LogP contribution in [0.3, 0.4) is 0 Å². The Bertz CT molecular complexity index is 367. The Morgan fingerprint density at radius 3 is 2.64 bits per heavy atom. The normalized spacial score (nSPS) is 8.86. The SMILES string of the molecule is [N-]=[N+]=NCOc1ccc(C(N)=O)cc1. The lowest BCUT2D eigenvalue weighted by Crippen LogP contribution is -2.10. The number of nitrogens with zero attached hydrogens (tertiary/aromatic N) is 3. The van der Waals surface area contributed by atoms with Crippen molar-refractivity contribution < 1.29 is 9.53 Å². The zero-order valence-corrected chi connectivity index (χ0v) is 7.25. The summed E-state index contributed by atoms with van der Waals surface area (Å²) >= 11 is 0. The second-order valence-electron chi connectivity index (χ2n) is 2.39. The molecule has 1 rings (SSSR count). The molecule has 0 saturated carbocycles. The summed E-state index contributed by atoms with van der Waals surface area (Å²) in [5.74, 6) is 0.0222. The lowest BCUT2D eigenvalue weighted by molar-refractivity contribution is 0.100. The van der Waals surface area contributed by atoms with Crippen molar-refractivity contribution in [2.24, 2.45) is 10.8 Å². The second kappa shape index (κ2) is 4.74. The van der Waals surface area contributed by atoms with Gasteiger partial charge in [-0.05, 0) is 29.8 Å². The Balaban J connectivity index is 2.64. The minimum atomic E-state index is -0.494. The number of nitrogens with two attached hydrogens (primary N) is 1. The summed E-state index contributed by atoms with van der Waals surface area (Å²) in [7, 11) is 0. The molecule has 1 aromatic rings. The largest absolute Gasteiger partial charge is 0.488 e. The Morgan fingerprint density at radius 1 is 1.50 bits per heavy atom. The Labute approximate surface area is 79.9 Å². The fourth-order valence-corrected chi connectivity index (χ4v) is 0.845. The number of hydrogen-bond acceptors (Lipinski definition) is 3. The van der Waals surface area contributed by atoms with Gasteiger partial charge in [0.25, 0.3) is 0 Å². The van der Waals surface area contributed by atoms with Crippen LogP contribution in [0.5, 0.6) is 5.75 Å². The lowest BCUT2D eigenvalue weighted by atomic mass is 10.2. The highest BCUT2D eigenvalue weighted by Gasteiger charge is 1.99. The van der Waals surface area contributed by atoms with Gasteiger partial charge in [-0.15, -0.1) is 0 Å². The van der Waals surface area contributed by atoms with Gasteiger partial charge in [0.2, 0.25) is 5.91 Å². The molecule has 0 bridgehead atoms. The number of amides is 1. The van der Waals surface area contributed by atoms with Crippen LogP contribution in [0, 0.1) is 0 Å². The van der Waals surface area contributed by atoms with Gasteiger partial charge in [-0.25, -0.2) is 0 Å². The molecule has 0 unspecified atom stereocenters. The highest BCUT2D eigenvalue weighted by Crippen LogP contribution is 2.11. The topological polar surface area (TPSA) is 101 Å². The summed E-state index contributed by atoms with van der Waals surface area (Å²) in [6.45, 7) is -0.0770. The highest BCUT2D eigenvalue weighted by molar-refractivity contribution is 5.92. The quantitative estimate of drug-likeness (QED) is 0.443. The third kappa shape index (κ3) is 2.69. The van der Waals surface area contributed by atoms with Crippen LogP contribution in [0.2, 0.25) is 0 Å². The molecule has 0 atom stereocenters. The zero-order valence-electron chi connectivity index (χ0n) is 7.25. The van der Waals surface area contributed by atoms with Crippen LogP contribution in [0.25, 0.3) is 10.4 Å². The summed E-state index contributed by atoms with van der Waals surface area (Å²) in [5.41, 5.74) is 13.4. The van der Waals surface area contributed by atoms with E-state index < -0.39 is 5.91 Å². The first kappa shape index (κ1) is 9.88. The van der Waals surface area contributed by atoms with Gasteiger partial charge in [-0.2, -0.15) is 0 Å². The molecule has 6 nitrogen and oxygen atoms in total. The predicted molar refractivity (Wildman–Crippen MR) is 49.6 cm³/mol. The maximum Gasteiger partial charge on any atom is 0.248 e. The average molecular weight is 192 g/mol. The first-order valence-electron chi connectivity index (χ1n) is 3.77. The molecule has 0 aliphatic rings. The number of benzene rings is 1. The minimum absolute atomic E-state index is 0.0770. The molecule has 0 spiro atoms. The van der Waals surface area contributed by atoms with Gasteiger partial charge in [0, 0.05) is 10.5 Å². The van der Waals surface area contributed by atoms with Gasteiger partial charge < -0.3 is 10.5 Å². The monoisotopic (exact) mass is 192 g/mol. The van der Waals surface area contributed by atoms with Gasteiger partial charge in [0.15, 0.2) is 6.73 Å². The van der Waals surface area contributed by atoms with Crippen molar-refractivity contribution in [1.82, 2.24) is 0 Å². The van der Waals surface area contributed by atoms with E-state index in [0.717, 1.165) is 0 Å². The van der Waals surface area contributed by atoms with E-state index in [9.17, 15) is 4.79 Å². The molecule has 0 aliphatic heterocycles. The Morgan fingerprint density at radius 2 is 2.14 bits per heavy atom. The second-order valence-corrected chi connectivity index (χ2v) is 2.39. The molecule has 2 N–H and O–H groups in total. The van der Waals surface area contributed by atoms with E-state index in [4.69, 9.17) is 16.0 Å². The number of rotatable bonds is 4. The number of primary amides is 1. The molecule has 72 valence electrons. The van der Waals surface area contributed by atoms with Gasteiger partial charge in [0.1, 0.15) is 5.75 Å². The highest BCUT2D eigenvalue weighted by atomic mass is 16.5. The molecule has 14 heavy (non-hydrogen) atoms. The molecular weight excluding hydrogens is 184 g/mol.